The molecule has 1 unspecified atom stereocenters. The highest BCUT2D eigenvalue weighted by molar-refractivity contribution is 5.44. The standard InChI is InChI=1S/C15H14N4O/c16-15-13(7-4-8-17-15)14(20)11-9-18-19(10-11)12-5-2-1-3-6-12/h1-10,14,20H,(H2,16,17). The van der Waals surface area contributed by atoms with Crippen molar-refractivity contribution in [2.24, 2.45) is 0 Å². The molecular formula is C15H14N4O. The third-order valence-corrected chi connectivity index (χ3v) is 3.10. The molecule has 0 saturated carbocycles. The molecular weight excluding hydrogens is 252 g/mol. The number of pyridine rings is 1. The largest absolute Gasteiger partial charge is 0.383 e. The van der Waals surface area contributed by atoms with Gasteiger partial charge in [0.25, 0.3) is 0 Å². The summed E-state index contributed by atoms with van der Waals surface area (Å²) in [7, 11) is 0. The molecule has 100 valence electrons. The van der Waals surface area contributed by atoms with Crippen LogP contribution in [0.1, 0.15) is 17.2 Å². The maximum absolute atomic E-state index is 10.4. The summed E-state index contributed by atoms with van der Waals surface area (Å²) in [6.45, 7) is 0. The summed E-state index contributed by atoms with van der Waals surface area (Å²) in [5, 5.41) is 14.6. The van der Waals surface area contributed by atoms with E-state index in [9.17, 15) is 5.11 Å². The number of aliphatic hydroxyl groups is 1. The zero-order valence-corrected chi connectivity index (χ0v) is 10.7. The molecule has 2 heterocycles. The fourth-order valence-corrected chi connectivity index (χ4v) is 2.04. The number of hydrogen-bond acceptors (Lipinski definition) is 4. The molecule has 2 aromatic heterocycles. The van der Waals surface area contributed by atoms with Crippen LogP contribution in [0.15, 0.2) is 61.1 Å². The topological polar surface area (TPSA) is 77.0 Å². The van der Waals surface area contributed by atoms with Gasteiger partial charge in [-0.05, 0) is 18.2 Å². The number of benzene rings is 1. The molecule has 0 aliphatic rings. The van der Waals surface area contributed by atoms with Crippen LogP contribution in [0.4, 0.5) is 5.82 Å². The first-order valence-electron chi connectivity index (χ1n) is 6.24. The van der Waals surface area contributed by atoms with Crippen LogP contribution in [0.3, 0.4) is 0 Å². The van der Waals surface area contributed by atoms with E-state index >= 15 is 0 Å². The minimum Gasteiger partial charge on any atom is -0.383 e. The molecule has 0 amide bonds. The van der Waals surface area contributed by atoms with Gasteiger partial charge in [0.05, 0.1) is 11.9 Å². The Morgan fingerprint density at radius 3 is 2.65 bits per heavy atom. The van der Waals surface area contributed by atoms with Gasteiger partial charge >= 0.3 is 0 Å². The molecule has 0 bridgehead atoms. The molecule has 0 spiro atoms. The van der Waals surface area contributed by atoms with Crippen LogP contribution in [0.25, 0.3) is 5.69 Å². The maximum Gasteiger partial charge on any atom is 0.129 e. The van der Waals surface area contributed by atoms with Gasteiger partial charge in [-0.2, -0.15) is 5.10 Å². The first-order valence-corrected chi connectivity index (χ1v) is 6.24. The highest BCUT2D eigenvalue weighted by atomic mass is 16.3. The van der Waals surface area contributed by atoms with Gasteiger partial charge in [0.15, 0.2) is 0 Å². The monoisotopic (exact) mass is 266 g/mol. The quantitative estimate of drug-likeness (QED) is 0.759. The van der Waals surface area contributed by atoms with Crippen LogP contribution >= 0.6 is 0 Å². The van der Waals surface area contributed by atoms with Crippen molar-refractivity contribution in [1.82, 2.24) is 14.8 Å². The molecule has 5 nitrogen and oxygen atoms in total. The van der Waals surface area contributed by atoms with E-state index in [-0.39, 0.29) is 0 Å². The molecule has 20 heavy (non-hydrogen) atoms. The van der Waals surface area contributed by atoms with Crippen molar-refractivity contribution in [2.45, 2.75) is 6.10 Å². The lowest BCUT2D eigenvalue weighted by Gasteiger charge is -2.10. The van der Waals surface area contributed by atoms with Crippen LogP contribution in [-0.2, 0) is 0 Å². The van der Waals surface area contributed by atoms with E-state index in [1.54, 1.807) is 35.4 Å². The van der Waals surface area contributed by atoms with E-state index < -0.39 is 6.10 Å². The summed E-state index contributed by atoms with van der Waals surface area (Å²) in [5.41, 5.74) is 7.97. The van der Waals surface area contributed by atoms with Crippen molar-refractivity contribution < 1.29 is 5.11 Å². The molecule has 3 rings (SSSR count). The lowest BCUT2D eigenvalue weighted by molar-refractivity contribution is 0.220. The molecule has 1 aromatic carbocycles. The van der Waals surface area contributed by atoms with Crippen molar-refractivity contribution in [1.29, 1.82) is 0 Å². The number of nitrogen functional groups attached to an aromatic ring is 1. The number of anilines is 1. The summed E-state index contributed by atoms with van der Waals surface area (Å²) >= 11 is 0. The number of hydrogen-bond donors (Lipinski definition) is 2. The second-order valence-corrected chi connectivity index (χ2v) is 4.43. The fraction of sp³-hybridized carbons (Fsp3) is 0.0667. The first kappa shape index (κ1) is 12.4. The fourth-order valence-electron chi connectivity index (χ4n) is 2.04. The van der Waals surface area contributed by atoms with Gasteiger partial charge in [-0.3, -0.25) is 0 Å². The number of nitrogens with zero attached hydrogens (tertiary/aromatic N) is 3. The number of rotatable bonds is 3. The van der Waals surface area contributed by atoms with Crippen molar-refractivity contribution in [3.63, 3.8) is 0 Å². The zero-order chi connectivity index (χ0) is 13.9. The number of aromatic nitrogens is 3. The van der Waals surface area contributed by atoms with E-state index in [0.29, 0.717) is 16.9 Å². The Morgan fingerprint density at radius 2 is 1.90 bits per heavy atom. The van der Waals surface area contributed by atoms with Crippen LogP contribution in [-0.4, -0.2) is 19.9 Å². The predicted molar refractivity (Wildman–Crippen MR) is 76.3 cm³/mol. The Hall–Kier alpha value is -2.66. The smallest absolute Gasteiger partial charge is 0.129 e. The molecule has 1 atom stereocenters. The Kier molecular flexibility index (Phi) is 3.18. The highest BCUT2D eigenvalue weighted by Crippen LogP contribution is 2.25. The van der Waals surface area contributed by atoms with Gasteiger partial charge in [-0.15, -0.1) is 0 Å². The van der Waals surface area contributed by atoms with E-state index in [1.165, 1.54) is 0 Å². The Morgan fingerprint density at radius 1 is 1.10 bits per heavy atom. The normalized spacial score (nSPS) is 12.2. The highest BCUT2D eigenvalue weighted by Gasteiger charge is 2.16. The Labute approximate surface area is 116 Å². The molecule has 0 saturated heterocycles. The zero-order valence-electron chi connectivity index (χ0n) is 10.7. The van der Waals surface area contributed by atoms with Crippen LogP contribution in [0.2, 0.25) is 0 Å². The van der Waals surface area contributed by atoms with E-state index in [0.717, 1.165) is 5.69 Å². The molecule has 0 aliphatic heterocycles. The first-order chi connectivity index (χ1) is 9.75. The molecule has 0 radical (unpaired) electrons. The summed E-state index contributed by atoms with van der Waals surface area (Å²) in [4.78, 5) is 3.98. The second kappa shape index (κ2) is 5.14. The second-order valence-electron chi connectivity index (χ2n) is 4.43. The average Bonchev–Trinajstić information content (AvgIpc) is 2.98. The lowest BCUT2D eigenvalue weighted by atomic mass is 10.1. The van der Waals surface area contributed by atoms with Gasteiger partial charge in [-0.25, -0.2) is 9.67 Å². The SMILES string of the molecule is Nc1ncccc1C(O)c1cnn(-c2ccccc2)c1. The van der Waals surface area contributed by atoms with Crippen LogP contribution in [0.5, 0.6) is 0 Å². The van der Waals surface area contributed by atoms with Gasteiger partial charge in [-0.1, -0.05) is 24.3 Å². The molecule has 0 aliphatic carbocycles. The van der Waals surface area contributed by atoms with Gasteiger partial charge in [0, 0.05) is 23.5 Å². The van der Waals surface area contributed by atoms with Crippen molar-refractivity contribution in [2.75, 3.05) is 5.73 Å². The van der Waals surface area contributed by atoms with Crippen molar-refractivity contribution >= 4 is 5.82 Å². The van der Waals surface area contributed by atoms with Gasteiger partial charge in [0.1, 0.15) is 11.9 Å². The Bertz CT molecular complexity index is 709. The Balaban J connectivity index is 1.93. The summed E-state index contributed by atoms with van der Waals surface area (Å²) in [5.74, 6) is 0.326. The van der Waals surface area contributed by atoms with E-state index in [4.69, 9.17) is 5.73 Å². The summed E-state index contributed by atoms with van der Waals surface area (Å²) in [6, 6.07) is 13.2. The number of para-hydroxylation sites is 1. The maximum atomic E-state index is 10.4. The van der Waals surface area contributed by atoms with Crippen molar-refractivity contribution in [3.8, 4) is 5.69 Å². The van der Waals surface area contributed by atoms with Crippen molar-refractivity contribution in [3.05, 3.63) is 72.2 Å². The van der Waals surface area contributed by atoms with Gasteiger partial charge in [0.2, 0.25) is 0 Å². The predicted octanol–water partition coefficient (Wildman–Crippen LogP) is 1.93. The minimum absolute atomic E-state index is 0.326. The molecule has 0 fully saturated rings. The van der Waals surface area contributed by atoms with Crippen LogP contribution in [0, 0.1) is 0 Å². The average molecular weight is 266 g/mol. The summed E-state index contributed by atoms with van der Waals surface area (Å²) in [6.07, 6.45) is 4.18. The molecule has 5 heteroatoms. The third kappa shape index (κ3) is 2.26. The molecule has 3 N–H and O–H groups in total. The number of aliphatic hydroxyl groups excluding tert-OH is 1. The molecule has 3 aromatic rings. The number of nitrogens with two attached hydrogens (primary N) is 1. The van der Waals surface area contributed by atoms with E-state index in [2.05, 4.69) is 10.1 Å². The van der Waals surface area contributed by atoms with E-state index in [1.807, 2.05) is 30.3 Å². The van der Waals surface area contributed by atoms with Gasteiger partial charge < -0.3 is 10.8 Å². The third-order valence-electron chi connectivity index (χ3n) is 3.10. The summed E-state index contributed by atoms with van der Waals surface area (Å²) < 4.78 is 1.71. The minimum atomic E-state index is -0.832. The lowest BCUT2D eigenvalue weighted by Crippen LogP contribution is -2.04. The van der Waals surface area contributed by atoms with Crippen LogP contribution < -0.4 is 5.73 Å².